The minimum atomic E-state index is -8.14. The first-order valence-corrected chi connectivity index (χ1v) is 22.5. The van der Waals surface area contributed by atoms with Crippen LogP contribution in [-0.4, -0.2) is 135 Å². The molecule has 0 saturated heterocycles. The van der Waals surface area contributed by atoms with Crippen LogP contribution in [0, 0.1) is 0 Å². The predicted octanol–water partition coefficient (Wildman–Crippen LogP) is 16.3. The van der Waals surface area contributed by atoms with Crippen molar-refractivity contribution >= 4 is 0 Å². The molecule has 45 heteroatoms. The van der Waals surface area contributed by atoms with Gasteiger partial charge in [0.25, 0.3) is 0 Å². The summed E-state index contributed by atoms with van der Waals surface area (Å²) >= 11 is 0. The highest BCUT2D eigenvalue weighted by molar-refractivity contribution is 5.67. The predicted molar refractivity (Wildman–Crippen MR) is 223 cm³/mol. The van der Waals surface area contributed by atoms with E-state index < -0.39 is 195 Å². The van der Waals surface area contributed by atoms with E-state index in [0.717, 1.165) is 24.3 Å². The molecular formula is C45H17F36N9. The molecule has 0 spiro atoms. The summed E-state index contributed by atoms with van der Waals surface area (Å²) in [5.41, 5.74) is -12.1. The average Bonchev–Trinajstić information content (AvgIpc) is 0.727. The highest BCUT2D eigenvalue weighted by Crippen LogP contribution is 2.64. The van der Waals surface area contributed by atoms with E-state index in [4.69, 9.17) is 0 Å². The van der Waals surface area contributed by atoms with Gasteiger partial charge in [-0.3, -0.25) is 15.0 Å². The van der Waals surface area contributed by atoms with Crippen molar-refractivity contribution in [1.82, 2.24) is 44.9 Å². The first-order valence-electron chi connectivity index (χ1n) is 22.5. The third-order valence-electron chi connectivity index (χ3n) is 12.2. The Bertz CT molecular complexity index is 3420. The molecule has 0 saturated carbocycles. The Morgan fingerprint density at radius 2 is 0.433 bits per heavy atom. The molecule has 494 valence electrons. The Balaban J connectivity index is 1.56. The van der Waals surface area contributed by atoms with E-state index in [-0.39, 0.29) is 42.4 Å². The van der Waals surface area contributed by atoms with Crippen molar-refractivity contribution in [3.63, 3.8) is 0 Å². The van der Waals surface area contributed by atoms with Crippen molar-refractivity contribution < 1.29 is 158 Å². The van der Waals surface area contributed by atoms with Crippen LogP contribution in [0.25, 0.3) is 57.2 Å². The van der Waals surface area contributed by atoms with Crippen molar-refractivity contribution in [1.29, 1.82) is 0 Å². The molecule has 90 heavy (non-hydrogen) atoms. The van der Waals surface area contributed by atoms with Crippen molar-refractivity contribution in [3.05, 3.63) is 102 Å². The lowest BCUT2D eigenvalue weighted by Gasteiger charge is -2.38. The van der Waals surface area contributed by atoms with Crippen LogP contribution in [0.3, 0.4) is 0 Å². The van der Waals surface area contributed by atoms with Crippen molar-refractivity contribution in [2.45, 2.75) is 108 Å². The SMILES string of the molecule is FC(F)C(F)(F)C(F)(F)C(F)(F)C(F)(F)C(F)(F)c1ccc(-c2nc(-c3ccccc3)nc(-c3nc(-c4ccc(C(F)(F)C(F)(F)C(F)(F)C(F)(F)C(F)(F)C(F)F)nc4)nc(-c4ccc(C(F)(F)C(F)(F)C(F)(F)C(F)(F)C(F)(F)C(F)F)nc4)n3)n2)cn1. The molecular weight excluding hydrogens is 1350 g/mol. The zero-order chi connectivity index (χ0) is 69.0. The van der Waals surface area contributed by atoms with Crippen LogP contribution in [0.15, 0.2) is 85.3 Å². The molecule has 0 bridgehead atoms. The molecule has 0 radical (unpaired) electrons. The van der Waals surface area contributed by atoms with E-state index >= 15 is 26.3 Å². The Kier molecular flexibility index (Phi) is 17.6. The maximum atomic E-state index is 15.1. The number of aromatic nitrogens is 9. The monoisotopic (exact) mass is 1370 g/mol. The topological polar surface area (TPSA) is 116 Å². The minimum absolute atomic E-state index is 0.0519. The van der Waals surface area contributed by atoms with E-state index in [1.165, 1.54) is 6.07 Å². The van der Waals surface area contributed by atoms with E-state index in [0.29, 0.717) is 0 Å². The minimum Gasteiger partial charge on any atom is -0.254 e. The lowest BCUT2D eigenvalue weighted by molar-refractivity contribution is -0.415. The molecule has 0 aliphatic heterocycles. The van der Waals surface area contributed by atoms with Gasteiger partial charge >= 0.3 is 108 Å². The van der Waals surface area contributed by atoms with Crippen LogP contribution >= 0.6 is 0 Å². The number of pyridine rings is 3. The van der Waals surface area contributed by atoms with Crippen LogP contribution in [0.1, 0.15) is 17.1 Å². The molecule has 0 unspecified atom stereocenters. The summed E-state index contributed by atoms with van der Waals surface area (Å²) in [5, 5.41) is 0. The summed E-state index contributed by atoms with van der Waals surface area (Å²) in [4.78, 5) is 30.3. The van der Waals surface area contributed by atoms with Gasteiger partial charge in [-0.1, -0.05) is 30.3 Å². The summed E-state index contributed by atoms with van der Waals surface area (Å²) in [6.07, 6.45) is -18.4. The fourth-order valence-electron chi connectivity index (χ4n) is 6.90. The number of hydrogen-bond donors (Lipinski definition) is 0. The van der Waals surface area contributed by atoms with Gasteiger partial charge in [-0.05, 0) is 36.4 Å². The number of halogens is 36. The van der Waals surface area contributed by atoms with Gasteiger partial charge in [0.1, 0.15) is 17.1 Å². The van der Waals surface area contributed by atoms with Gasteiger partial charge < -0.3 is 0 Å². The lowest BCUT2D eigenvalue weighted by atomic mass is 9.92. The van der Waals surface area contributed by atoms with Crippen LogP contribution in [0.4, 0.5) is 158 Å². The summed E-state index contributed by atoms with van der Waals surface area (Å²) in [5.74, 6) is -122. The Hall–Kier alpha value is -7.83. The number of hydrogen-bond acceptors (Lipinski definition) is 9. The lowest BCUT2D eigenvalue weighted by Crippen LogP contribution is -2.68. The van der Waals surface area contributed by atoms with Crippen molar-refractivity contribution in [3.8, 4) is 57.2 Å². The van der Waals surface area contributed by atoms with E-state index in [1.807, 2.05) is 0 Å². The summed E-state index contributed by atoms with van der Waals surface area (Å²) in [6.45, 7) is 0. The number of alkyl halides is 36. The quantitative estimate of drug-likeness (QED) is 0.0578. The van der Waals surface area contributed by atoms with E-state index in [9.17, 15) is 132 Å². The molecule has 6 rings (SSSR count). The number of benzene rings is 1. The van der Waals surface area contributed by atoms with Gasteiger partial charge in [0, 0.05) is 40.8 Å². The zero-order valence-corrected chi connectivity index (χ0v) is 41.4. The first kappa shape index (κ1) is 71.2. The standard InChI is InChI=1S/C45H17F36N9/c46-28(47)34(58,59)40(70,71)43(76,77)37(64,65)31(52,53)19-9-6-16(12-82-19)23-85-22(15-4-2-1-3-5-15)87-26(88-23)27-89-24(17-7-10-20(83-13-17)32(54,55)38(66,67)44(78,79)41(72,73)35(60,61)29(48)49)86-25(90-27)18-8-11-21(84-14-18)33(56,57)39(68,69)45(80,81)42(74,75)36(62,63)30(50)51/h1-14,28-30H. The first-order chi connectivity index (χ1) is 40.5. The van der Waals surface area contributed by atoms with Crippen LogP contribution in [-0.2, 0) is 17.8 Å². The summed E-state index contributed by atoms with van der Waals surface area (Å²) in [6, 6.07) is 3.98. The maximum Gasteiger partial charge on any atom is 0.385 e. The molecule has 5 aromatic heterocycles. The fraction of sp³-hybridized carbons (Fsp3) is 0.400. The van der Waals surface area contributed by atoms with Gasteiger partial charge in [-0.15, -0.1) is 0 Å². The second kappa shape index (κ2) is 22.2. The number of nitrogens with zero attached hydrogens (tertiary/aromatic N) is 9. The third-order valence-corrected chi connectivity index (χ3v) is 12.2. The van der Waals surface area contributed by atoms with Crippen molar-refractivity contribution in [2.24, 2.45) is 0 Å². The molecule has 0 N–H and O–H groups in total. The smallest absolute Gasteiger partial charge is 0.254 e. The average molecular weight is 1370 g/mol. The van der Waals surface area contributed by atoms with Gasteiger partial charge in [0.2, 0.25) is 11.6 Å². The molecule has 0 atom stereocenters. The van der Waals surface area contributed by atoms with Gasteiger partial charge in [-0.25, -0.2) is 56.2 Å². The largest absolute Gasteiger partial charge is 0.385 e. The highest BCUT2D eigenvalue weighted by Gasteiger charge is 2.91. The number of rotatable bonds is 23. The van der Waals surface area contributed by atoms with Crippen LogP contribution in [0.5, 0.6) is 0 Å². The molecule has 9 nitrogen and oxygen atoms in total. The second-order valence-electron chi connectivity index (χ2n) is 17.9. The molecule has 0 amide bonds. The maximum absolute atomic E-state index is 15.1. The fourth-order valence-corrected chi connectivity index (χ4v) is 6.90. The van der Waals surface area contributed by atoms with Crippen LogP contribution < -0.4 is 0 Å². The zero-order valence-electron chi connectivity index (χ0n) is 41.4. The molecule has 0 fully saturated rings. The summed E-state index contributed by atoms with van der Waals surface area (Å²) < 4.78 is 506. The third kappa shape index (κ3) is 10.6. The molecule has 0 aliphatic rings. The van der Waals surface area contributed by atoms with Crippen molar-refractivity contribution in [2.75, 3.05) is 0 Å². The molecule has 0 aliphatic carbocycles. The Labute approximate surface area is 470 Å². The summed E-state index contributed by atoms with van der Waals surface area (Å²) in [7, 11) is 0. The second-order valence-corrected chi connectivity index (χ2v) is 17.9. The van der Waals surface area contributed by atoms with Gasteiger partial charge in [-0.2, -0.15) is 132 Å². The van der Waals surface area contributed by atoms with Gasteiger partial charge in [0.05, 0.1) is 0 Å². The normalized spacial score (nSPS) is 14.7. The highest BCUT2D eigenvalue weighted by atomic mass is 19.4. The molecule has 5 heterocycles. The van der Waals surface area contributed by atoms with Gasteiger partial charge in [0.15, 0.2) is 23.3 Å². The van der Waals surface area contributed by atoms with E-state index in [2.05, 4.69) is 44.9 Å². The molecule has 1 aromatic carbocycles. The Morgan fingerprint density at radius 3 is 0.633 bits per heavy atom. The molecule has 6 aromatic rings. The van der Waals surface area contributed by atoms with E-state index in [1.54, 1.807) is 0 Å². The Morgan fingerprint density at radius 1 is 0.222 bits per heavy atom. The van der Waals surface area contributed by atoms with Crippen LogP contribution in [0.2, 0.25) is 0 Å².